The first-order chi connectivity index (χ1) is 24.3. The third kappa shape index (κ3) is 5.40. The number of anilines is 3. The highest BCUT2D eigenvalue weighted by atomic mass is 15.1. The SMILES string of the molecule is C1=Cc2cccc(-c3ccc(N(c4ccc(-c5cccc6ccccc56)cc4)c4ccc(-c5cccc6ccccc56)cc4)cc3)c2CC1. The fourth-order valence-electron chi connectivity index (χ4n) is 7.52. The Morgan fingerprint density at radius 3 is 1.33 bits per heavy atom. The van der Waals surface area contributed by atoms with Crippen molar-refractivity contribution in [1.29, 1.82) is 0 Å². The number of hydrogen-bond donors (Lipinski definition) is 0. The second-order valence-electron chi connectivity index (χ2n) is 12.8. The molecule has 1 aliphatic rings. The Balaban J connectivity index is 1.12. The molecule has 0 bridgehead atoms. The predicted octanol–water partition coefficient (Wildman–Crippen LogP) is 13.4. The van der Waals surface area contributed by atoms with Gasteiger partial charge in [0.2, 0.25) is 0 Å². The summed E-state index contributed by atoms with van der Waals surface area (Å²) in [6, 6.07) is 64.2. The first kappa shape index (κ1) is 29.0. The fraction of sp³-hybridized carbons (Fsp3) is 0.0417. The molecule has 1 nitrogen and oxygen atoms in total. The van der Waals surface area contributed by atoms with Crippen LogP contribution < -0.4 is 4.90 Å². The molecule has 0 saturated heterocycles. The summed E-state index contributed by atoms with van der Waals surface area (Å²) in [5, 5.41) is 5.06. The smallest absolute Gasteiger partial charge is 0.0462 e. The molecule has 8 aromatic carbocycles. The summed E-state index contributed by atoms with van der Waals surface area (Å²) >= 11 is 0. The first-order valence-corrected chi connectivity index (χ1v) is 17.2. The molecule has 49 heavy (non-hydrogen) atoms. The molecule has 0 aliphatic heterocycles. The monoisotopic (exact) mass is 625 g/mol. The van der Waals surface area contributed by atoms with Gasteiger partial charge < -0.3 is 4.90 Å². The van der Waals surface area contributed by atoms with Crippen LogP contribution in [0.25, 0.3) is 61.0 Å². The van der Waals surface area contributed by atoms with Gasteiger partial charge >= 0.3 is 0 Å². The fourth-order valence-corrected chi connectivity index (χ4v) is 7.52. The molecule has 0 spiro atoms. The van der Waals surface area contributed by atoms with E-state index in [1.165, 1.54) is 66.1 Å². The maximum Gasteiger partial charge on any atom is 0.0462 e. The maximum absolute atomic E-state index is 2.37. The zero-order valence-corrected chi connectivity index (χ0v) is 27.3. The molecule has 0 amide bonds. The van der Waals surface area contributed by atoms with Crippen LogP contribution >= 0.6 is 0 Å². The van der Waals surface area contributed by atoms with Crippen LogP contribution in [-0.4, -0.2) is 0 Å². The van der Waals surface area contributed by atoms with E-state index in [9.17, 15) is 0 Å². The normalized spacial score (nSPS) is 12.2. The molecule has 0 N–H and O–H groups in total. The summed E-state index contributed by atoms with van der Waals surface area (Å²) in [5.74, 6) is 0. The number of rotatable bonds is 6. The highest BCUT2D eigenvalue weighted by molar-refractivity contribution is 5.98. The third-order valence-corrected chi connectivity index (χ3v) is 9.96. The maximum atomic E-state index is 2.37. The van der Waals surface area contributed by atoms with E-state index in [1.54, 1.807) is 0 Å². The van der Waals surface area contributed by atoms with Crippen LogP contribution in [0.3, 0.4) is 0 Å². The van der Waals surface area contributed by atoms with Gasteiger partial charge in [0.15, 0.2) is 0 Å². The molecule has 232 valence electrons. The minimum Gasteiger partial charge on any atom is -0.311 e. The van der Waals surface area contributed by atoms with Crippen molar-refractivity contribution in [3.63, 3.8) is 0 Å². The molecule has 0 atom stereocenters. The van der Waals surface area contributed by atoms with E-state index in [1.807, 2.05) is 0 Å². The van der Waals surface area contributed by atoms with Crippen molar-refractivity contribution in [1.82, 2.24) is 0 Å². The second-order valence-corrected chi connectivity index (χ2v) is 12.8. The van der Waals surface area contributed by atoms with Gasteiger partial charge in [0.1, 0.15) is 0 Å². The summed E-state index contributed by atoms with van der Waals surface area (Å²) in [4.78, 5) is 2.37. The van der Waals surface area contributed by atoms with E-state index in [0.29, 0.717) is 0 Å². The molecule has 0 radical (unpaired) electrons. The van der Waals surface area contributed by atoms with E-state index in [-0.39, 0.29) is 0 Å². The average Bonchev–Trinajstić information content (AvgIpc) is 3.18. The summed E-state index contributed by atoms with van der Waals surface area (Å²) < 4.78 is 0. The number of nitrogens with zero attached hydrogens (tertiary/aromatic N) is 1. The van der Waals surface area contributed by atoms with Gasteiger partial charge in [0, 0.05) is 17.1 Å². The highest BCUT2D eigenvalue weighted by Crippen LogP contribution is 2.40. The molecular weight excluding hydrogens is 591 g/mol. The van der Waals surface area contributed by atoms with Gasteiger partial charge in [-0.3, -0.25) is 0 Å². The quantitative estimate of drug-likeness (QED) is 0.178. The molecule has 9 rings (SSSR count). The van der Waals surface area contributed by atoms with Gasteiger partial charge in [-0.1, -0.05) is 152 Å². The van der Waals surface area contributed by atoms with E-state index in [4.69, 9.17) is 0 Å². The Morgan fingerprint density at radius 2 is 0.796 bits per heavy atom. The van der Waals surface area contributed by atoms with Crippen molar-refractivity contribution in [2.45, 2.75) is 12.8 Å². The lowest BCUT2D eigenvalue weighted by Crippen LogP contribution is -2.10. The van der Waals surface area contributed by atoms with Crippen LogP contribution in [0.1, 0.15) is 17.5 Å². The molecule has 0 fully saturated rings. The largest absolute Gasteiger partial charge is 0.311 e. The minimum atomic E-state index is 1.09. The van der Waals surface area contributed by atoms with Crippen molar-refractivity contribution in [2.75, 3.05) is 4.90 Å². The topological polar surface area (TPSA) is 3.24 Å². The Labute approximate surface area is 288 Å². The summed E-state index contributed by atoms with van der Waals surface area (Å²) in [6.07, 6.45) is 6.73. The van der Waals surface area contributed by atoms with Crippen LogP contribution in [0.15, 0.2) is 182 Å². The van der Waals surface area contributed by atoms with Crippen molar-refractivity contribution < 1.29 is 0 Å². The first-order valence-electron chi connectivity index (χ1n) is 17.2. The minimum absolute atomic E-state index is 1.09. The van der Waals surface area contributed by atoms with Crippen LogP contribution in [0.2, 0.25) is 0 Å². The molecule has 0 aromatic heterocycles. The standard InChI is InChI=1S/C48H35N/c1-4-16-43-34(10-1)13-7-19-46(43)37-22-28-40(29-23-37)49(41-30-24-38(25-31-41)47-20-8-14-35-11-2-5-17-44(35)47)42-32-26-39(27-33-42)48-21-9-15-36-12-3-6-18-45(36)48/h1-5,7-17,19-33H,6,18H2. The zero-order valence-electron chi connectivity index (χ0n) is 27.3. The number of benzene rings is 8. The lowest BCUT2D eigenvalue weighted by atomic mass is 9.89. The molecule has 0 saturated carbocycles. The molecule has 0 unspecified atom stereocenters. The number of fused-ring (bicyclic) bond motifs is 3. The van der Waals surface area contributed by atoms with Crippen LogP contribution in [-0.2, 0) is 6.42 Å². The molecular formula is C48H35N. The van der Waals surface area contributed by atoms with Crippen molar-refractivity contribution >= 4 is 44.7 Å². The Bertz CT molecular complexity index is 2330. The van der Waals surface area contributed by atoms with Gasteiger partial charge in [-0.2, -0.15) is 0 Å². The van der Waals surface area contributed by atoms with Crippen LogP contribution in [0.5, 0.6) is 0 Å². The number of hydrogen-bond acceptors (Lipinski definition) is 1. The Morgan fingerprint density at radius 1 is 0.367 bits per heavy atom. The zero-order chi connectivity index (χ0) is 32.6. The van der Waals surface area contributed by atoms with E-state index < -0.39 is 0 Å². The average molecular weight is 626 g/mol. The van der Waals surface area contributed by atoms with Crippen molar-refractivity contribution in [3.8, 4) is 33.4 Å². The Hall–Kier alpha value is -6.18. The summed E-state index contributed by atoms with van der Waals surface area (Å²) in [6.45, 7) is 0. The van der Waals surface area contributed by atoms with Gasteiger partial charge in [-0.25, -0.2) is 0 Å². The van der Waals surface area contributed by atoms with Gasteiger partial charge in [0.25, 0.3) is 0 Å². The van der Waals surface area contributed by atoms with Crippen molar-refractivity contribution in [3.05, 3.63) is 193 Å². The second kappa shape index (κ2) is 12.4. The summed E-state index contributed by atoms with van der Waals surface area (Å²) in [7, 11) is 0. The lowest BCUT2D eigenvalue weighted by molar-refractivity contribution is 0.988. The van der Waals surface area contributed by atoms with E-state index in [0.717, 1.165) is 29.9 Å². The molecule has 0 heterocycles. The van der Waals surface area contributed by atoms with Gasteiger partial charge in [-0.05, 0) is 115 Å². The van der Waals surface area contributed by atoms with Crippen molar-refractivity contribution in [2.24, 2.45) is 0 Å². The summed E-state index contributed by atoms with van der Waals surface area (Å²) in [5.41, 5.74) is 13.7. The van der Waals surface area contributed by atoms with Crippen LogP contribution in [0, 0.1) is 0 Å². The van der Waals surface area contributed by atoms with Gasteiger partial charge in [-0.15, -0.1) is 0 Å². The van der Waals surface area contributed by atoms with E-state index in [2.05, 4.69) is 193 Å². The molecule has 1 aliphatic carbocycles. The Kier molecular flexibility index (Phi) is 7.37. The van der Waals surface area contributed by atoms with Crippen LogP contribution in [0.4, 0.5) is 17.1 Å². The third-order valence-electron chi connectivity index (χ3n) is 9.96. The molecule has 8 aromatic rings. The van der Waals surface area contributed by atoms with E-state index >= 15 is 0 Å². The predicted molar refractivity (Wildman–Crippen MR) is 210 cm³/mol. The molecule has 1 heteroatoms. The lowest BCUT2D eigenvalue weighted by Gasteiger charge is -2.26. The van der Waals surface area contributed by atoms with Gasteiger partial charge in [0.05, 0.1) is 0 Å². The number of allylic oxidation sites excluding steroid dienone is 1. The highest BCUT2D eigenvalue weighted by Gasteiger charge is 2.16.